The van der Waals surface area contributed by atoms with Crippen LogP contribution in [0.4, 0.5) is 0 Å². The molecule has 1 heterocycles. The fourth-order valence-corrected chi connectivity index (χ4v) is 0.481. The van der Waals surface area contributed by atoms with Gasteiger partial charge in [-0.3, -0.25) is 0 Å². The molecule has 1 atom stereocenters. The average molecular weight is 125 g/mol. The zero-order chi connectivity index (χ0) is 7.56. The summed E-state index contributed by atoms with van der Waals surface area (Å²) in [6, 6.07) is 1.46. The van der Waals surface area contributed by atoms with Crippen LogP contribution in [-0.2, 0) is 0 Å². The Hall–Kier alpha value is -0.960. The van der Waals surface area contributed by atoms with Crippen molar-refractivity contribution in [3.8, 4) is 0 Å². The minimum absolute atomic E-state index is 0.130. The fourth-order valence-electron chi connectivity index (χ4n) is 0.481. The molecule has 0 aliphatic rings. The summed E-state index contributed by atoms with van der Waals surface area (Å²) in [5.41, 5.74) is 0. The summed E-state index contributed by atoms with van der Waals surface area (Å²) in [4.78, 5) is 7.44. The standard InChI is InChI=1S/C6H8N2O/c1-5(9)6-7-3-2-4-8-6/h2-5,9H,1H3/i3D. The number of hydrogen-bond donors (Lipinski definition) is 1. The Morgan fingerprint density at radius 1 is 1.78 bits per heavy atom. The van der Waals surface area contributed by atoms with E-state index < -0.39 is 6.10 Å². The molecule has 48 valence electrons. The Morgan fingerprint density at radius 3 is 3.00 bits per heavy atom. The van der Waals surface area contributed by atoms with Gasteiger partial charge in [0, 0.05) is 12.4 Å². The zero-order valence-corrected chi connectivity index (χ0v) is 5.07. The molecular formula is C6H8N2O. The van der Waals surface area contributed by atoms with Crippen molar-refractivity contribution in [2.24, 2.45) is 0 Å². The van der Waals surface area contributed by atoms with Crippen molar-refractivity contribution < 1.29 is 6.48 Å². The molecular weight excluding hydrogens is 116 g/mol. The number of hydrogen-bond acceptors (Lipinski definition) is 3. The van der Waals surface area contributed by atoms with Crippen LogP contribution in [0.3, 0.4) is 0 Å². The van der Waals surface area contributed by atoms with E-state index in [9.17, 15) is 0 Å². The Kier molecular flexibility index (Phi) is 1.38. The molecule has 1 N–H and O–H groups in total. The maximum Gasteiger partial charge on any atom is 0.156 e. The normalized spacial score (nSPS) is 14.7. The number of aliphatic hydroxyl groups excluding tert-OH is 1. The molecule has 3 heteroatoms. The quantitative estimate of drug-likeness (QED) is 0.595. The molecule has 3 nitrogen and oxygen atoms in total. The van der Waals surface area contributed by atoms with Gasteiger partial charge in [0.2, 0.25) is 0 Å². The lowest BCUT2D eigenvalue weighted by atomic mass is 10.4. The van der Waals surface area contributed by atoms with E-state index >= 15 is 0 Å². The highest BCUT2D eigenvalue weighted by Crippen LogP contribution is 2.01. The third-order valence-corrected chi connectivity index (χ3v) is 0.909. The van der Waals surface area contributed by atoms with Gasteiger partial charge in [-0.15, -0.1) is 0 Å². The minimum Gasteiger partial charge on any atom is -0.385 e. The van der Waals surface area contributed by atoms with Crippen LogP contribution in [0.5, 0.6) is 0 Å². The number of rotatable bonds is 1. The Morgan fingerprint density at radius 2 is 2.56 bits per heavy atom. The molecule has 1 aromatic rings. The first kappa shape index (κ1) is 4.88. The molecule has 1 rings (SSSR count). The van der Waals surface area contributed by atoms with Crippen LogP contribution in [0.15, 0.2) is 18.4 Å². The van der Waals surface area contributed by atoms with Gasteiger partial charge in [0.15, 0.2) is 5.82 Å². The zero-order valence-electron chi connectivity index (χ0n) is 6.07. The Bertz CT molecular complexity index is 227. The lowest BCUT2D eigenvalue weighted by Crippen LogP contribution is -1.96. The number of aliphatic hydroxyl groups is 1. The predicted octanol–water partition coefficient (Wildman–Crippen LogP) is 0.530. The van der Waals surface area contributed by atoms with Crippen LogP contribution < -0.4 is 0 Å². The first-order chi connectivity index (χ1) is 4.70. The topological polar surface area (TPSA) is 46.0 Å². The lowest BCUT2D eigenvalue weighted by Gasteiger charge is -1.98. The molecule has 9 heavy (non-hydrogen) atoms. The molecule has 0 saturated carbocycles. The van der Waals surface area contributed by atoms with Crippen LogP contribution in [-0.4, -0.2) is 15.1 Å². The first-order valence-corrected chi connectivity index (χ1v) is 2.68. The average Bonchev–Trinajstić information content (AvgIpc) is 1.88. The van der Waals surface area contributed by atoms with Gasteiger partial charge in [-0.25, -0.2) is 9.97 Å². The number of aromatic nitrogens is 2. The van der Waals surface area contributed by atoms with Gasteiger partial charge < -0.3 is 5.11 Å². The van der Waals surface area contributed by atoms with E-state index in [1.54, 1.807) is 6.92 Å². The highest BCUT2D eigenvalue weighted by molar-refractivity contribution is 4.90. The van der Waals surface area contributed by atoms with Gasteiger partial charge in [0.25, 0.3) is 0 Å². The van der Waals surface area contributed by atoms with Crippen LogP contribution in [0.25, 0.3) is 0 Å². The molecule has 1 aromatic heterocycles. The molecule has 0 aliphatic heterocycles. The maximum absolute atomic E-state index is 8.94. The summed E-state index contributed by atoms with van der Waals surface area (Å²) < 4.78 is 7.07. The summed E-state index contributed by atoms with van der Waals surface area (Å²) >= 11 is 0. The van der Waals surface area contributed by atoms with Crippen molar-refractivity contribution in [1.82, 2.24) is 9.97 Å². The van der Waals surface area contributed by atoms with Crippen LogP contribution in [0.2, 0.25) is 0 Å². The van der Waals surface area contributed by atoms with E-state index in [-0.39, 0.29) is 6.17 Å². The van der Waals surface area contributed by atoms with Crippen LogP contribution in [0, 0.1) is 0 Å². The third-order valence-electron chi connectivity index (χ3n) is 0.909. The molecule has 0 radical (unpaired) electrons. The minimum atomic E-state index is -0.690. The van der Waals surface area contributed by atoms with Gasteiger partial charge >= 0.3 is 0 Å². The first-order valence-electron chi connectivity index (χ1n) is 3.18. The number of nitrogens with zero attached hydrogens (tertiary/aromatic N) is 2. The molecule has 0 bridgehead atoms. The fraction of sp³-hybridized carbons (Fsp3) is 0.333. The lowest BCUT2D eigenvalue weighted by molar-refractivity contribution is 0.189. The van der Waals surface area contributed by atoms with Gasteiger partial charge in [-0.1, -0.05) is 0 Å². The Balaban J connectivity index is 2.96. The van der Waals surface area contributed by atoms with Crippen molar-refractivity contribution in [2.75, 3.05) is 0 Å². The monoisotopic (exact) mass is 125 g/mol. The van der Waals surface area contributed by atoms with E-state index in [4.69, 9.17) is 6.48 Å². The summed E-state index contributed by atoms with van der Waals surface area (Å²) in [6.45, 7) is 1.56. The molecule has 1 unspecified atom stereocenters. The van der Waals surface area contributed by atoms with Crippen molar-refractivity contribution in [2.45, 2.75) is 13.0 Å². The third kappa shape index (κ3) is 1.47. The van der Waals surface area contributed by atoms with E-state index in [1.165, 1.54) is 12.3 Å². The Labute approximate surface area is 54.8 Å². The largest absolute Gasteiger partial charge is 0.385 e. The molecule has 0 spiro atoms. The van der Waals surface area contributed by atoms with Gasteiger partial charge in [-0.2, -0.15) is 0 Å². The van der Waals surface area contributed by atoms with Crippen LogP contribution >= 0.6 is 0 Å². The second-order valence-electron chi connectivity index (χ2n) is 1.72. The highest BCUT2D eigenvalue weighted by Gasteiger charge is 1.99. The van der Waals surface area contributed by atoms with Gasteiger partial charge in [-0.05, 0) is 13.0 Å². The second-order valence-corrected chi connectivity index (χ2v) is 1.72. The summed E-state index contributed by atoms with van der Waals surface area (Å²) in [5, 5.41) is 8.94. The molecule has 0 saturated heterocycles. The maximum atomic E-state index is 8.94. The van der Waals surface area contributed by atoms with Crippen molar-refractivity contribution in [3.63, 3.8) is 0 Å². The SMILES string of the molecule is [2H]c1ccnc(C(C)O)n1. The van der Waals surface area contributed by atoms with E-state index in [1.807, 2.05) is 0 Å². The molecule has 0 aromatic carbocycles. The van der Waals surface area contributed by atoms with Crippen LogP contribution in [0.1, 0.15) is 20.2 Å². The van der Waals surface area contributed by atoms with Gasteiger partial charge in [0.05, 0.1) is 1.37 Å². The van der Waals surface area contributed by atoms with Crippen molar-refractivity contribution in [1.29, 1.82) is 0 Å². The van der Waals surface area contributed by atoms with E-state index in [2.05, 4.69) is 9.97 Å². The summed E-state index contributed by atoms with van der Waals surface area (Å²) in [7, 11) is 0. The molecule has 0 amide bonds. The highest BCUT2D eigenvalue weighted by atomic mass is 16.3. The van der Waals surface area contributed by atoms with Gasteiger partial charge in [0.1, 0.15) is 6.10 Å². The smallest absolute Gasteiger partial charge is 0.156 e. The van der Waals surface area contributed by atoms with E-state index in [0.29, 0.717) is 5.82 Å². The molecule has 0 fully saturated rings. The summed E-state index contributed by atoms with van der Waals surface area (Å²) in [6.07, 6.45) is 0.897. The van der Waals surface area contributed by atoms with Crippen molar-refractivity contribution in [3.05, 3.63) is 24.3 Å². The van der Waals surface area contributed by atoms with E-state index in [0.717, 1.165) is 0 Å². The predicted molar refractivity (Wildman–Crippen MR) is 32.7 cm³/mol. The summed E-state index contributed by atoms with van der Waals surface area (Å²) in [5.74, 6) is 0.299. The second kappa shape index (κ2) is 2.55. The van der Waals surface area contributed by atoms with Crippen molar-refractivity contribution >= 4 is 0 Å². The molecule has 0 aliphatic carbocycles.